The van der Waals surface area contributed by atoms with Gasteiger partial charge in [-0.3, -0.25) is 0 Å². The van der Waals surface area contributed by atoms with E-state index in [1.165, 1.54) is 7.05 Å². The molecule has 0 atom stereocenters. The molecule has 1 rings (SSSR count). The molecule has 108 valence electrons. The summed E-state index contributed by atoms with van der Waals surface area (Å²) in [6.07, 6.45) is 0. The van der Waals surface area contributed by atoms with Gasteiger partial charge in [0.15, 0.2) is 0 Å². The van der Waals surface area contributed by atoms with Crippen LogP contribution in [0.5, 0.6) is 0 Å². The summed E-state index contributed by atoms with van der Waals surface area (Å²) in [5.41, 5.74) is 1.05. The summed E-state index contributed by atoms with van der Waals surface area (Å²) in [5.74, 6) is 0. The summed E-state index contributed by atoms with van der Waals surface area (Å²) in [6, 6.07) is 6.71. The van der Waals surface area contributed by atoms with Gasteiger partial charge in [0.1, 0.15) is 0 Å². The van der Waals surface area contributed by atoms with Crippen molar-refractivity contribution in [1.82, 2.24) is 4.72 Å². The van der Waals surface area contributed by atoms with Crippen LogP contribution in [0.2, 0.25) is 0 Å². The van der Waals surface area contributed by atoms with Crippen molar-refractivity contribution in [1.29, 1.82) is 0 Å². The number of benzene rings is 1. The van der Waals surface area contributed by atoms with Gasteiger partial charge in [0.2, 0.25) is 10.0 Å². The van der Waals surface area contributed by atoms with Crippen LogP contribution in [0, 0.1) is 6.92 Å². The average Bonchev–Trinajstić information content (AvgIpc) is 2.46. The number of sulfonamides is 1. The predicted octanol–water partition coefficient (Wildman–Crippen LogP) is 3.98. The lowest BCUT2D eigenvalue weighted by Crippen LogP contribution is -2.18. The topological polar surface area (TPSA) is 46.2 Å². The first-order valence-electron chi connectivity index (χ1n) is 6.56. The zero-order chi connectivity index (χ0) is 15.2. The van der Waals surface area contributed by atoms with Crippen molar-refractivity contribution in [2.45, 2.75) is 53.4 Å². The normalized spacial score (nSPS) is 8.67. The molecule has 0 radical (unpaired) electrons. The Morgan fingerprint density at radius 1 is 0.833 bits per heavy atom. The van der Waals surface area contributed by atoms with Crippen LogP contribution < -0.4 is 4.72 Å². The minimum Gasteiger partial charge on any atom is -0.214 e. The Hall–Kier alpha value is -0.870. The predicted molar refractivity (Wildman–Crippen MR) is 81.5 cm³/mol. The van der Waals surface area contributed by atoms with Crippen molar-refractivity contribution < 1.29 is 8.42 Å². The maximum atomic E-state index is 11.2. The second-order valence-corrected chi connectivity index (χ2v) is 4.41. The summed E-state index contributed by atoms with van der Waals surface area (Å²) in [6.45, 7) is 13.9. The lowest BCUT2D eigenvalue weighted by Gasteiger charge is -2.01. The molecule has 0 fully saturated rings. The summed E-state index contributed by atoms with van der Waals surface area (Å²) in [5, 5.41) is 0. The summed E-state index contributed by atoms with van der Waals surface area (Å²) in [7, 11) is -1.87. The smallest absolute Gasteiger partial charge is 0.214 e. The highest BCUT2D eigenvalue weighted by molar-refractivity contribution is 7.89. The first-order chi connectivity index (χ1) is 8.56. The third kappa shape index (κ3) is 9.19. The van der Waals surface area contributed by atoms with Crippen molar-refractivity contribution >= 4 is 10.0 Å². The first-order valence-corrected chi connectivity index (χ1v) is 8.05. The van der Waals surface area contributed by atoms with Gasteiger partial charge < -0.3 is 0 Å². The highest BCUT2D eigenvalue weighted by atomic mass is 32.2. The second-order valence-electron chi connectivity index (χ2n) is 2.52. The van der Waals surface area contributed by atoms with Crippen LogP contribution in [0.3, 0.4) is 0 Å². The molecule has 0 aliphatic carbocycles. The molecule has 0 saturated heterocycles. The Kier molecular flexibility index (Phi) is 17.6. The first kappa shape index (κ1) is 22.3. The Morgan fingerprint density at radius 3 is 1.44 bits per heavy atom. The Morgan fingerprint density at radius 2 is 1.17 bits per heavy atom. The maximum Gasteiger partial charge on any atom is 0.240 e. The van der Waals surface area contributed by atoms with Gasteiger partial charge in [-0.2, -0.15) is 0 Å². The molecule has 0 aliphatic heterocycles. The number of hydrogen-bond acceptors (Lipinski definition) is 2. The SMILES string of the molecule is CC.CC.CC.CNS(=O)(=O)c1ccc(C)cc1. The van der Waals surface area contributed by atoms with Gasteiger partial charge in [-0.15, -0.1) is 0 Å². The van der Waals surface area contributed by atoms with E-state index in [4.69, 9.17) is 0 Å². The van der Waals surface area contributed by atoms with Crippen LogP contribution in [0.1, 0.15) is 47.1 Å². The number of hydrogen-bond donors (Lipinski definition) is 1. The highest BCUT2D eigenvalue weighted by Gasteiger charge is 2.09. The molecular formula is C14H29NO2S. The van der Waals surface area contributed by atoms with E-state index < -0.39 is 10.0 Å². The Labute approximate surface area is 114 Å². The third-order valence-electron chi connectivity index (χ3n) is 1.60. The van der Waals surface area contributed by atoms with E-state index in [9.17, 15) is 8.42 Å². The molecule has 1 aromatic rings. The molecule has 0 unspecified atom stereocenters. The van der Waals surface area contributed by atoms with Gasteiger partial charge in [-0.05, 0) is 26.1 Å². The van der Waals surface area contributed by atoms with Crippen LogP contribution in [0.15, 0.2) is 29.2 Å². The van der Waals surface area contributed by atoms with Crippen LogP contribution in [0.4, 0.5) is 0 Å². The van der Waals surface area contributed by atoms with Gasteiger partial charge in [0.05, 0.1) is 4.90 Å². The molecule has 3 nitrogen and oxygen atoms in total. The van der Waals surface area contributed by atoms with Gasteiger partial charge >= 0.3 is 0 Å². The fraction of sp³-hybridized carbons (Fsp3) is 0.571. The molecule has 0 aliphatic rings. The number of aryl methyl sites for hydroxylation is 1. The number of nitrogens with one attached hydrogen (secondary N) is 1. The van der Waals surface area contributed by atoms with Gasteiger partial charge in [0.25, 0.3) is 0 Å². The van der Waals surface area contributed by atoms with E-state index in [1.54, 1.807) is 24.3 Å². The zero-order valence-electron chi connectivity index (χ0n) is 13.0. The lowest BCUT2D eigenvalue weighted by molar-refractivity contribution is 0.588. The molecule has 1 N–H and O–H groups in total. The van der Waals surface area contributed by atoms with Gasteiger partial charge in [-0.25, -0.2) is 13.1 Å². The maximum absolute atomic E-state index is 11.2. The van der Waals surface area contributed by atoms with Crippen LogP contribution in [-0.2, 0) is 10.0 Å². The fourth-order valence-corrected chi connectivity index (χ4v) is 1.57. The summed E-state index contributed by atoms with van der Waals surface area (Å²) < 4.78 is 24.7. The van der Waals surface area contributed by atoms with E-state index in [0.29, 0.717) is 4.90 Å². The van der Waals surface area contributed by atoms with Gasteiger partial charge in [-0.1, -0.05) is 59.2 Å². The van der Waals surface area contributed by atoms with E-state index in [1.807, 2.05) is 48.5 Å². The summed E-state index contributed by atoms with van der Waals surface area (Å²) >= 11 is 0. The molecule has 0 saturated carbocycles. The van der Waals surface area contributed by atoms with Crippen LogP contribution >= 0.6 is 0 Å². The quantitative estimate of drug-likeness (QED) is 0.887. The molecule has 18 heavy (non-hydrogen) atoms. The monoisotopic (exact) mass is 275 g/mol. The van der Waals surface area contributed by atoms with Crippen LogP contribution in [-0.4, -0.2) is 15.5 Å². The second kappa shape index (κ2) is 14.2. The summed E-state index contributed by atoms with van der Waals surface area (Å²) in [4.78, 5) is 0.301. The molecule has 0 aromatic heterocycles. The molecular weight excluding hydrogens is 246 g/mol. The van der Waals surface area contributed by atoms with Crippen molar-refractivity contribution in [3.8, 4) is 0 Å². The Bertz CT molecular complexity index is 356. The van der Waals surface area contributed by atoms with Crippen molar-refractivity contribution in [3.05, 3.63) is 29.8 Å². The van der Waals surface area contributed by atoms with Crippen molar-refractivity contribution in [2.24, 2.45) is 0 Å². The molecule has 0 heterocycles. The molecule has 0 bridgehead atoms. The molecule has 1 aromatic carbocycles. The zero-order valence-corrected chi connectivity index (χ0v) is 13.9. The van der Waals surface area contributed by atoms with Crippen molar-refractivity contribution in [2.75, 3.05) is 7.05 Å². The van der Waals surface area contributed by atoms with Gasteiger partial charge in [0, 0.05) is 0 Å². The molecule has 0 spiro atoms. The number of rotatable bonds is 2. The minimum absolute atomic E-state index is 0.301. The van der Waals surface area contributed by atoms with Crippen molar-refractivity contribution in [3.63, 3.8) is 0 Å². The third-order valence-corrected chi connectivity index (χ3v) is 3.03. The fourth-order valence-electron chi connectivity index (χ4n) is 0.835. The van der Waals surface area contributed by atoms with E-state index >= 15 is 0 Å². The highest BCUT2D eigenvalue weighted by Crippen LogP contribution is 2.08. The average molecular weight is 275 g/mol. The Balaban J connectivity index is -0.000000328. The lowest BCUT2D eigenvalue weighted by atomic mass is 10.2. The standard InChI is InChI=1S/C8H11NO2S.3C2H6/c1-7-3-5-8(6-4-7)12(10,11)9-2;3*1-2/h3-6,9H,1-2H3;3*1-2H3. The van der Waals surface area contributed by atoms with E-state index in [0.717, 1.165) is 5.56 Å². The van der Waals surface area contributed by atoms with E-state index in [2.05, 4.69) is 4.72 Å². The van der Waals surface area contributed by atoms with Crippen LogP contribution in [0.25, 0.3) is 0 Å². The van der Waals surface area contributed by atoms with E-state index in [-0.39, 0.29) is 0 Å². The molecule has 0 amide bonds. The minimum atomic E-state index is -3.26. The largest absolute Gasteiger partial charge is 0.240 e. The molecule has 4 heteroatoms.